The van der Waals surface area contributed by atoms with E-state index in [1.807, 2.05) is 0 Å². The predicted octanol–water partition coefficient (Wildman–Crippen LogP) is 3.95. The molecule has 3 aromatic carbocycles. The number of hydrogen-bond donors (Lipinski definition) is 3. The normalized spacial score (nSPS) is 10.2. The summed E-state index contributed by atoms with van der Waals surface area (Å²) in [6.45, 7) is 2.73. The molecule has 178 valence electrons. The monoisotopic (exact) mass is 474 g/mol. The van der Waals surface area contributed by atoms with Crippen LogP contribution in [-0.4, -0.2) is 34.6 Å². The van der Waals surface area contributed by atoms with Crippen LogP contribution in [-0.2, 0) is 16.0 Å². The number of benzene rings is 3. The number of ether oxygens (including phenoxy) is 1. The number of Topliss-reactive ketones (excluding diaryl/α,β-unsaturated/α-hetero) is 1. The molecule has 0 spiro atoms. The molecule has 9 heteroatoms. The van der Waals surface area contributed by atoms with E-state index in [0.29, 0.717) is 0 Å². The maximum absolute atomic E-state index is 12.8. The number of aromatic carboxylic acids is 1. The standard InChI is InChI=1S/C26H22N2O7/c1-15(29)13-17-3-5-18(6-4-17)25(32)28-23-14-20(26(33)34)9-12-22(23)27-24(31)19-7-10-21(11-8-19)35-16(2)30/h3-12,14H,13H2,1-2H3,(H,27,31)(H,28,32)(H,33,34). The fraction of sp³-hybridized carbons (Fsp3) is 0.115. The third-order valence-electron chi connectivity index (χ3n) is 4.81. The Bertz CT molecular complexity index is 1300. The van der Waals surface area contributed by atoms with E-state index in [2.05, 4.69) is 10.6 Å². The Morgan fingerprint density at radius 3 is 1.74 bits per heavy atom. The summed E-state index contributed by atoms with van der Waals surface area (Å²) in [6.07, 6.45) is 0.251. The highest BCUT2D eigenvalue weighted by atomic mass is 16.5. The van der Waals surface area contributed by atoms with Gasteiger partial charge in [-0.15, -0.1) is 0 Å². The lowest BCUT2D eigenvalue weighted by atomic mass is 10.1. The Kier molecular flexibility index (Phi) is 7.73. The first-order valence-electron chi connectivity index (χ1n) is 10.5. The van der Waals surface area contributed by atoms with Crippen LogP contribution < -0.4 is 15.4 Å². The number of carbonyl (C=O) groups is 5. The van der Waals surface area contributed by atoms with Crippen LogP contribution in [0, 0.1) is 0 Å². The number of rotatable bonds is 8. The summed E-state index contributed by atoms with van der Waals surface area (Å²) in [5.41, 5.74) is 1.49. The molecular formula is C26H22N2O7. The van der Waals surface area contributed by atoms with Crippen molar-refractivity contribution < 1.29 is 33.8 Å². The maximum atomic E-state index is 12.8. The molecule has 3 rings (SSSR count). The van der Waals surface area contributed by atoms with Crippen molar-refractivity contribution in [1.82, 2.24) is 0 Å². The van der Waals surface area contributed by atoms with Gasteiger partial charge >= 0.3 is 11.9 Å². The highest BCUT2D eigenvalue weighted by Crippen LogP contribution is 2.25. The second-order valence-corrected chi connectivity index (χ2v) is 7.67. The van der Waals surface area contributed by atoms with Gasteiger partial charge in [-0.3, -0.25) is 19.2 Å². The van der Waals surface area contributed by atoms with Gasteiger partial charge in [0.2, 0.25) is 0 Å². The van der Waals surface area contributed by atoms with Crippen molar-refractivity contribution >= 4 is 40.9 Å². The lowest BCUT2D eigenvalue weighted by Gasteiger charge is -2.14. The van der Waals surface area contributed by atoms with Crippen LogP contribution in [0.25, 0.3) is 0 Å². The molecule has 0 saturated carbocycles. The van der Waals surface area contributed by atoms with E-state index in [-0.39, 0.29) is 46.0 Å². The first-order valence-corrected chi connectivity index (χ1v) is 10.5. The molecule has 2 amide bonds. The van der Waals surface area contributed by atoms with E-state index in [1.165, 1.54) is 56.3 Å². The maximum Gasteiger partial charge on any atom is 0.335 e. The van der Waals surface area contributed by atoms with E-state index in [0.717, 1.165) is 5.56 Å². The zero-order valence-electron chi connectivity index (χ0n) is 19.0. The van der Waals surface area contributed by atoms with Crippen LogP contribution >= 0.6 is 0 Å². The van der Waals surface area contributed by atoms with Crippen LogP contribution in [0.2, 0.25) is 0 Å². The molecule has 0 saturated heterocycles. The summed E-state index contributed by atoms with van der Waals surface area (Å²) < 4.78 is 4.94. The number of carboxylic acid groups (broad SMARTS) is 1. The molecule has 0 bridgehead atoms. The van der Waals surface area contributed by atoms with Gasteiger partial charge < -0.3 is 20.5 Å². The number of nitrogens with one attached hydrogen (secondary N) is 2. The van der Waals surface area contributed by atoms with Crippen molar-refractivity contribution in [1.29, 1.82) is 0 Å². The Hall–Kier alpha value is -4.79. The van der Waals surface area contributed by atoms with Gasteiger partial charge in [0.05, 0.1) is 16.9 Å². The first kappa shape index (κ1) is 24.8. The van der Waals surface area contributed by atoms with Crippen LogP contribution in [0.5, 0.6) is 5.75 Å². The zero-order chi connectivity index (χ0) is 25.5. The highest BCUT2D eigenvalue weighted by Gasteiger charge is 2.16. The molecule has 3 aromatic rings. The Labute approximate surface area is 200 Å². The quantitative estimate of drug-likeness (QED) is 0.332. The van der Waals surface area contributed by atoms with E-state index in [4.69, 9.17) is 4.74 Å². The third kappa shape index (κ3) is 6.84. The number of anilines is 2. The number of carbonyl (C=O) groups excluding carboxylic acids is 4. The van der Waals surface area contributed by atoms with Gasteiger partial charge in [-0.05, 0) is 67.1 Å². The Morgan fingerprint density at radius 1 is 0.714 bits per heavy atom. The SMILES string of the molecule is CC(=O)Cc1ccc(C(=O)Nc2cc(C(=O)O)ccc2NC(=O)c2ccc(OC(C)=O)cc2)cc1. The molecule has 9 nitrogen and oxygen atoms in total. The minimum atomic E-state index is -1.20. The number of carboxylic acids is 1. The largest absolute Gasteiger partial charge is 0.478 e. The molecule has 35 heavy (non-hydrogen) atoms. The summed E-state index contributed by atoms with van der Waals surface area (Å²) in [4.78, 5) is 59.3. The van der Waals surface area contributed by atoms with E-state index in [9.17, 15) is 29.1 Å². The molecule has 3 N–H and O–H groups in total. The molecule has 0 aliphatic rings. The predicted molar refractivity (Wildman–Crippen MR) is 128 cm³/mol. The van der Waals surface area contributed by atoms with Gasteiger partial charge in [0.15, 0.2) is 0 Å². The van der Waals surface area contributed by atoms with Crippen molar-refractivity contribution in [2.45, 2.75) is 20.3 Å². The minimum Gasteiger partial charge on any atom is -0.478 e. The van der Waals surface area contributed by atoms with Gasteiger partial charge in [0.25, 0.3) is 11.8 Å². The minimum absolute atomic E-state index is 0.00547. The topological polar surface area (TPSA) is 139 Å². The molecular weight excluding hydrogens is 452 g/mol. The zero-order valence-corrected chi connectivity index (χ0v) is 19.0. The van der Waals surface area contributed by atoms with Crippen LogP contribution in [0.15, 0.2) is 66.7 Å². The lowest BCUT2D eigenvalue weighted by molar-refractivity contribution is -0.131. The number of ketones is 1. The molecule has 0 aliphatic carbocycles. The van der Waals surface area contributed by atoms with Crippen LogP contribution in [0.3, 0.4) is 0 Å². The average Bonchev–Trinajstić information content (AvgIpc) is 2.80. The van der Waals surface area contributed by atoms with Gasteiger partial charge in [0.1, 0.15) is 11.5 Å². The van der Waals surface area contributed by atoms with Crippen LogP contribution in [0.4, 0.5) is 11.4 Å². The Balaban J connectivity index is 1.82. The number of amides is 2. The third-order valence-corrected chi connectivity index (χ3v) is 4.81. The van der Waals surface area contributed by atoms with Gasteiger partial charge in [-0.25, -0.2) is 4.79 Å². The lowest BCUT2D eigenvalue weighted by Crippen LogP contribution is -2.17. The summed E-state index contributed by atoms with van der Waals surface area (Å²) in [7, 11) is 0. The average molecular weight is 474 g/mol. The second-order valence-electron chi connectivity index (χ2n) is 7.67. The van der Waals surface area contributed by atoms with Gasteiger partial charge in [-0.1, -0.05) is 12.1 Å². The fourth-order valence-electron chi connectivity index (χ4n) is 3.18. The van der Waals surface area contributed by atoms with Crippen molar-refractivity contribution in [3.63, 3.8) is 0 Å². The van der Waals surface area contributed by atoms with Crippen molar-refractivity contribution in [3.05, 3.63) is 89.0 Å². The molecule has 0 atom stereocenters. The van der Waals surface area contributed by atoms with Gasteiger partial charge in [0, 0.05) is 24.5 Å². The number of esters is 1. The molecule has 0 aliphatic heterocycles. The van der Waals surface area contributed by atoms with Crippen molar-refractivity contribution in [2.24, 2.45) is 0 Å². The van der Waals surface area contributed by atoms with Crippen molar-refractivity contribution in [2.75, 3.05) is 10.6 Å². The van der Waals surface area contributed by atoms with Crippen molar-refractivity contribution in [3.8, 4) is 5.75 Å². The fourth-order valence-corrected chi connectivity index (χ4v) is 3.18. The molecule has 0 aromatic heterocycles. The molecule has 0 radical (unpaired) electrons. The van der Waals surface area contributed by atoms with E-state index >= 15 is 0 Å². The van der Waals surface area contributed by atoms with Gasteiger partial charge in [-0.2, -0.15) is 0 Å². The smallest absolute Gasteiger partial charge is 0.335 e. The second kappa shape index (κ2) is 10.9. The Morgan fingerprint density at radius 2 is 1.23 bits per heavy atom. The highest BCUT2D eigenvalue weighted by molar-refractivity contribution is 6.10. The summed E-state index contributed by atoms with van der Waals surface area (Å²) in [6, 6.07) is 16.2. The molecule has 0 heterocycles. The summed E-state index contributed by atoms with van der Waals surface area (Å²) in [5.74, 6) is -2.46. The van der Waals surface area contributed by atoms with E-state index < -0.39 is 23.8 Å². The number of hydrogen-bond acceptors (Lipinski definition) is 6. The van der Waals surface area contributed by atoms with Crippen LogP contribution in [0.1, 0.15) is 50.5 Å². The van der Waals surface area contributed by atoms with E-state index in [1.54, 1.807) is 24.3 Å². The first-order chi connectivity index (χ1) is 16.6. The molecule has 0 unspecified atom stereocenters. The summed E-state index contributed by atoms with van der Waals surface area (Å²) in [5, 5.41) is 14.6. The summed E-state index contributed by atoms with van der Waals surface area (Å²) >= 11 is 0. The molecule has 0 fully saturated rings.